The number of rotatable bonds is 9. The fraction of sp³-hybridized carbons (Fsp3) is 0.333. The number of aromatic nitrogens is 1. The van der Waals surface area contributed by atoms with Gasteiger partial charge in [0.05, 0.1) is 5.69 Å². The van der Waals surface area contributed by atoms with Crippen molar-refractivity contribution in [1.82, 2.24) is 9.69 Å². The summed E-state index contributed by atoms with van der Waals surface area (Å²) in [6.45, 7) is 8.16. The average Bonchev–Trinajstić information content (AvgIpc) is 3.37. The molecule has 5 N–H and O–H groups in total. The van der Waals surface area contributed by atoms with Gasteiger partial charge >= 0.3 is 0 Å². The second-order valence-corrected chi connectivity index (χ2v) is 9.20. The van der Waals surface area contributed by atoms with Crippen molar-refractivity contribution in [2.24, 2.45) is 11.7 Å². The highest BCUT2D eigenvalue weighted by atomic mass is 32.1. The second-order valence-electron chi connectivity index (χ2n) is 8.42. The van der Waals surface area contributed by atoms with Crippen LogP contribution in [0.15, 0.2) is 40.8 Å². The van der Waals surface area contributed by atoms with E-state index in [4.69, 9.17) is 15.9 Å². The number of carbonyl (C=O) groups is 3. The van der Waals surface area contributed by atoms with Gasteiger partial charge in [0, 0.05) is 12.2 Å². The standard InChI is InChI=1S/C24H29N5O4S/c1-13(2)11-12-27-23(31)20(17-10-9-15(4)33-17)29(16-8-6-5-7-14(16)3)24(32)21-18(25)19(22(26)30)28-34-21/h5-10,13,20H,11-12,25H2,1-4H3,(H2,26,30)(H,27,31). The molecule has 180 valence electrons. The van der Waals surface area contributed by atoms with E-state index < -0.39 is 23.8 Å². The zero-order chi connectivity index (χ0) is 25.0. The first kappa shape index (κ1) is 25.0. The van der Waals surface area contributed by atoms with Crippen molar-refractivity contribution in [3.05, 3.63) is 64.1 Å². The van der Waals surface area contributed by atoms with Gasteiger partial charge in [-0.2, -0.15) is 4.37 Å². The third-order valence-electron chi connectivity index (χ3n) is 5.31. The van der Waals surface area contributed by atoms with Gasteiger partial charge in [-0.15, -0.1) is 0 Å². The lowest BCUT2D eigenvalue weighted by Crippen LogP contribution is -2.44. The van der Waals surface area contributed by atoms with Gasteiger partial charge in [0.1, 0.15) is 16.4 Å². The van der Waals surface area contributed by atoms with Gasteiger partial charge in [-0.25, -0.2) is 0 Å². The number of aryl methyl sites for hydroxylation is 2. The highest BCUT2D eigenvalue weighted by Gasteiger charge is 2.38. The van der Waals surface area contributed by atoms with Crippen LogP contribution in [0.2, 0.25) is 0 Å². The summed E-state index contributed by atoms with van der Waals surface area (Å²) in [4.78, 5) is 40.4. The number of hydrogen-bond donors (Lipinski definition) is 3. The van der Waals surface area contributed by atoms with Crippen molar-refractivity contribution in [3.63, 3.8) is 0 Å². The van der Waals surface area contributed by atoms with Crippen molar-refractivity contribution in [2.75, 3.05) is 17.2 Å². The topological polar surface area (TPSA) is 145 Å². The van der Waals surface area contributed by atoms with E-state index in [1.54, 1.807) is 31.2 Å². The summed E-state index contributed by atoms with van der Waals surface area (Å²) in [7, 11) is 0. The van der Waals surface area contributed by atoms with Crippen molar-refractivity contribution in [2.45, 2.75) is 40.2 Å². The maximum absolute atomic E-state index is 13.9. The molecule has 0 spiro atoms. The van der Waals surface area contributed by atoms with Crippen molar-refractivity contribution in [1.29, 1.82) is 0 Å². The Labute approximate surface area is 202 Å². The molecule has 0 saturated heterocycles. The van der Waals surface area contributed by atoms with E-state index in [0.29, 0.717) is 29.7 Å². The van der Waals surface area contributed by atoms with Crippen LogP contribution in [-0.4, -0.2) is 28.6 Å². The number of para-hydroxylation sites is 1. The highest BCUT2D eigenvalue weighted by molar-refractivity contribution is 7.09. The summed E-state index contributed by atoms with van der Waals surface area (Å²) in [5, 5.41) is 2.93. The lowest BCUT2D eigenvalue weighted by atomic mass is 10.1. The van der Waals surface area contributed by atoms with Crippen LogP contribution in [0.4, 0.5) is 11.4 Å². The molecule has 0 aliphatic rings. The first-order chi connectivity index (χ1) is 16.1. The zero-order valence-electron chi connectivity index (χ0n) is 19.6. The molecule has 0 fully saturated rings. The van der Waals surface area contributed by atoms with Crippen LogP contribution >= 0.6 is 11.5 Å². The highest BCUT2D eigenvalue weighted by Crippen LogP contribution is 2.35. The quantitative estimate of drug-likeness (QED) is 0.424. The minimum absolute atomic E-state index is 0.0142. The number of carbonyl (C=O) groups excluding carboxylic acids is 3. The molecular weight excluding hydrogens is 454 g/mol. The molecule has 9 nitrogen and oxygen atoms in total. The first-order valence-corrected chi connectivity index (χ1v) is 11.7. The van der Waals surface area contributed by atoms with E-state index in [1.165, 1.54) is 4.90 Å². The predicted molar refractivity (Wildman–Crippen MR) is 132 cm³/mol. The molecule has 1 aromatic carbocycles. The first-order valence-electron chi connectivity index (χ1n) is 10.9. The Balaban J connectivity index is 2.15. The third-order valence-corrected chi connectivity index (χ3v) is 6.16. The number of primary amides is 1. The van der Waals surface area contributed by atoms with Crippen LogP contribution in [0.5, 0.6) is 0 Å². The van der Waals surface area contributed by atoms with Gasteiger partial charge in [0.25, 0.3) is 17.7 Å². The second kappa shape index (κ2) is 10.5. The Morgan fingerprint density at radius 3 is 2.41 bits per heavy atom. The van der Waals surface area contributed by atoms with Gasteiger partial charge in [-0.3, -0.25) is 19.3 Å². The molecule has 0 radical (unpaired) electrons. The number of nitrogen functional groups attached to an aromatic ring is 1. The molecule has 0 aliphatic carbocycles. The number of nitrogens with two attached hydrogens (primary N) is 2. The van der Waals surface area contributed by atoms with Crippen LogP contribution in [0.3, 0.4) is 0 Å². The van der Waals surface area contributed by atoms with Gasteiger partial charge in [-0.05, 0) is 61.5 Å². The molecular formula is C24H29N5O4S. The van der Waals surface area contributed by atoms with E-state index in [0.717, 1.165) is 23.5 Å². The summed E-state index contributed by atoms with van der Waals surface area (Å²) < 4.78 is 9.78. The van der Waals surface area contributed by atoms with Crippen LogP contribution in [0.1, 0.15) is 63.6 Å². The molecule has 0 aliphatic heterocycles. The number of nitrogens with zero attached hydrogens (tertiary/aromatic N) is 2. The van der Waals surface area contributed by atoms with Gasteiger partial charge in [0.2, 0.25) is 0 Å². The van der Waals surface area contributed by atoms with Gasteiger partial charge in [-0.1, -0.05) is 32.0 Å². The molecule has 34 heavy (non-hydrogen) atoms. The molecule has 0 saturated carbocycles. The number of furan rings is 1. The minimum atomic E-state index is -1.12. The molecule has 3 amide bonds. The molecule has 1 unspecified atom stereocenters. The van der Waals surface area contributed by atoms with Crippen LogP contribution in [-0.2, 0) is 4.79 Å². The lowest BCUT2D eigenvalue weighted by molar-refractivity contribution is -0.122. The molecule has 1 atom stereocenters. The number of anilines is 2. The Kier molecular flexibility index (Phi) is 7.72. The van der Waals surface area contributed by atoms with Crippen molar-refractivity contribution in [3.8, 4) is 0 Å². The van der Waals surface area contributed by atoms with Crippen LogP contribution in [0.25, 0.3) is 0 Å². The van der Waals surface area contributed by atoms with E-state index in [9.17, 15) is 14.4 Å². The average molecular weight is 484 g/mol. The predicted octanol–water partition coefficient (Wildman–Crippen LogP) is 3.58. The maximum Gasteiger partial charge on any atom is 0.273 e. The summed E-state index contributed by atoms with van der Waals surface area (Å²) in [5.74, 6) is -0.530. The largest absolute Gasteiger partial charge is 0.464 e. The third kappa shape index (κ3) is 5.28. The Hall–Kier alpha value is -3.66. The molecule has 2 aromatic heterocycles. The Bertz CT molecular complexity index is 1200. The van der Waals surface area contributed by atoms with Gasteiger partial charge < -0.3 is 21.2 Å². The lowest BCUT2D eigenvalue weighted by Gasteiger charge is -2.31. The fourth-order valence-electron chi connectivity index (χ4n) is 3.49. The maximum atomic E-state index is 13.9. The van der Waals surface area contributed by atoms with E-state index in [1.807, 2.05) is 19.1 Å². The monoisotopic (exact) mass is 483 g/mol. The SMILES string of the molecule is Cc1ccc(C(C(=O)NCCC(C)C)N(C(=O)c2snc(C(N)=O)c2N)c2ccccc2C)o1. The molecule has 3 aromatic rings. The fourth-order valence-corrected chi connectivity index (χ4v) is 4.24. The molecule has 10 heteroatoms. The Morgan fingerprint density at radius 1 is 1.15 bits per heavy atom. The van der Waals surface area contributed by atoms with Crippen LogP contribution < -0.4 is 21.7 Å². The van der Waals surface area contributed by atoms with Crippen molar-refractivity contribution < 1.29 is 18.8 Å². The molecule has 2 heterocycles. The smallest absolute Gasteiger partial charge is 0.273 e. The zero-order valence-corrected chi connectivity index (χ0v) is 20.4. The number of nitrogens with one attached hydrogen (secondary N) is 1. The van der Waals surface area contributed by atoms with Crippen molar-refractivity contribution >= 4 is 40.6 Å². The van der Waals surface area contributed by atoms with E-state index >= 15 is 0 Å². The summed E-state index contributed by atoms with van der Waals surface area (Å²) in [6, 6.07) is 9.47. The Morgan fingerprint density at radius 2 is 1.85 bits per heavy atom. The molecule has 0 bridgehead atoms. The summed E-state index contributed by atoms with van der Waals surface area (Å²) >= 11 is 0.763. The van der Waals surface area contributed by atoms with Crippen LogP contribution in [0, 0.1) is 19.8 Å². The normalized spacial score (nSPS) is 11.9. The summed E-state index contributed by atoms with van der Waals surface area (Å²) in [5.41, 5.74) is 12.4. The van der Waals surface area contributed by atoms with E-state index in [2.05, 4.69) is 23.5 Å². The molecule has 3 rings (SSSR count). The summed E-state index contributed by atoms with van der Waals surface area (Å²) in [6.07, 6.45) is 0.776. The van der Waals surface area contributed by atoms with E-state index in [-0.39, 0.29) is 16.3 Å². The minimum Gasteiger partial charge on any atom is -0.464 e. The number of hydrogen-bond acceptors (Lipinski definition) is 7. The van der Waals surface area contributed by atoms with Gasteiger partial charge in [0.15, 0.2) is 11.7 Å². The number of amides is 3. The number of benzene rings is 1.